The minimum atomic E-state index is -0.948. The summed E-state index contributed by atoms with van der Waals surface area (Å²) in [4.78, 5) is 2.32. The first-order valence-corrected chi connectivity index (χ1v) is 7.94. The molecule has 2 fully saturated rings. The fourth-order valence-electron chi connectivity index (χ4n) is 3.85. The lowest BCUT2D eigenvalue weighted by Crippen LogP contribution is -2.43. The monoisotopic (exact) mass is 270 g/mol. The van der Waals surface area contributed by atoms with Crippen LogP contribution in [0.1, 0.15) is 60.3 Å². The van der Waals surface area contributed by atoms with E-state index in [4.69, 9.17) is 0 Å². The summed E-state index contributed by atoms with van der Waals surface area (Å²) in [6.45, 7) is 12.6. The van der Waals surface area contributed by atoms with Crippen molar-refractivity contribution in [1.82, 2.24) is 10.2 Å². The maximum Gasteiger partial charge on any atom is 0.129 e. The first kappa shape index (κ1) is 15.2. The van der Waals surface area contributed by atoms with Gasteiger partial charge < -0.3 is 5.32 Å². The van der Waals surface area contributed by atoms with Gasteiger partial charge in [-0.05, 0) is 47.0 Å². The summed E-state index contributed by atoms with van der Waals surface area (Å²) in [5, 5.41) is 3.63. The molecule has 0 radical (unpaired) electrons. The third-order valence-corrected chi connectivity index (χ3v) is 4.97. The van der Waals surface area contributed by atoms with Gasteiger partial charge in [-0.2, -0.15) is 0 Å². The van der Waals surface area contributed by atoms with Crippen molar-refractivity contribution < 1.29 is 4.39 Å². The minimum Gasteiger partial charge on any atom is -0.311 e. The van der Waals surface area contributed by atoms with Crippen molar-refractivity contribution in [2.24, 2.45) is 5.92 Å². The van der Waals surface area contributed by atoms with Crippen LogP contribution in [0, 0.1) is 5.92 Å². The van der Waals surface area contributed by atoms with Gasteiger partial charge in [-0.25, -0.2) is 4.39 Å². The Labute approximate surface area is 118 Å². The number of hydrogen-bond acceptors (Lipinski definition) is 2. The van der Waals surface area contributed by atoms with Crippen molar-refractivity contribution in [2.45, 2.75) is 83.6 Å². The number of nitrogens with one attached hydrogen (secondary N) is 1. The largest absolute Gasteiger partial charge is 0.311 e. The third kappa shape index (κ3) is 3.30. The number of likely N-dealkylation sites (tertiary alicyclic amines) is 1. The van der Waals surface area contributed by atoms with Gasteiger partial charge in [0.2, 0.25) is 0 Å². The number of halogens is 1. The molecule has 0 spiro atoms. The van der Waals surface area contributed by atoms with Gasteiger partial charge in [0.15, 0.2) is 0 Å². The number of rotatable bonds is 4. The highest BCUT2D eigenvalue weighted by atomic mass is 19.1. The number of hydrogen-bond donors (Lipinski definition) is 1. The molecule has 1 aliphatic heterocycles. The molecule has 1 aliphatic carbocycles. The maximum atomic E-state index is 15.1. The van der Waals surface area contributed by atoms with Gasteiger partial charge in [-0.1, -0.05) is 13.3 Å². The molecule has 1 heterocycles. The Morgan fingerprint density at radius 1 is 1.42 bits per heavy atom. The molecule has 19 heavy (non-hydrogen) atoms. The van der Waals surface area contributed by atoms with Crippen LogP contribution < -0.4 is 5.32 Å². The van der Waals surface area contributed by atoms with Crippen molar-refractivity contribution in [3.63, 3.8) is 0 Å². The molecule has 2 nitrogen and oxygen atoms in total. The van der Waals surface area contributed by atoms with E-state index in [0.29, 0.717) is 25.0 Å². The quantitative estimate of drug-likeness (QED) is 0.842. The molecule has 3 heteroatoms. The van der Waals surface area contributed by atoms with Gasteiger partial charge in [-0.15, -0.1) is 0 Å². The SMILES string of the molecule is CCCC(C)NC1CC2CN(C(C)(C)C)CC2(F)C1. The van der Waals surface area contributed by atoms with Crippen LogP contribution in [0.4, 0.5) is 4.39 Å². The van der Waals surface area contributed by atoms with Gasteiger partial charge in [0.1, 0.15) is 5.67 Å². The molecule has 112 valence electrons. The number of fused-ring (bicyclic) bond motifs is 1. The van der Waals surface area contributed by atoms with E-state index in [-0.39, 0.29) is 11.5 Å². The van der Waals surface area contributed by atoms with Gasteiger partial charge in [0.25, 0.3) is 0 Å². The second-order valence-corrected chi connectivity index (χ2v) is 7.78. The molecule has 2 aliphatic rings. The standard InChI is InChI=1S/C16H31FN2/c1-6-7-12(2)18-14-8-13-10-19(15(3,4)5)11-16(13,17)9-14/h12-14,18H,6-11H2,1-5H3. The second-order valence-electron chi connectivity index (χ2n) is 7.78. The number of alkyl halides is 1. The lowest BCUT2D eigenvalue weighted by molar-refractivity contribution is 0.109. The van der Waals surface area contributed by atoms with E-state index in [1.54, 1.807) is 0 Å². The Balaban J connectivity index is 1.90. The first-order valence-electron chi connectivity index (χ1n) is 7.94. The zero-order chi connectivity index (χ0) is 14.3. The molecule has 0 amide bonds. The highest BCUT2D eigenvalue weighted by Crippen LogP contribution is 2.46. The second kappa shape index (κ2) is 5.33. The van der Waals surface area contributed by atoms with E-state index >= 15 is 4.39 Å². The average Bonchev–Trinajstić information content (AvgIpc) is 2.68. The Morgan fingerprint density at radius 3 is 2.63 bits per heavy atom. The molecule has 0 aromatic heterocycles. The van der Waals surface area contributed by atoms with Crippen molar-refractivity contribution in [2.75, 3.05) is 13.1 Å². The lowest BCUT2D eigenvalue weighted by atomic mass is 9.97. The van der Waals surface area contributed by atoms with E-state index in [9.17, 15) is 0 Å². The van der Waals surface area contributed by atoms with Gasteiger partial charge in [0, 0.05) is 36.6 Å². The topological polar surface area (TPSA) is 15.3 Å². The summed E-state index contributed by atoms with van der Waals surface area (Å²) < 4.78 is 15.1. The van der Waals surface area contributed by atoms with Crippen LogP contribution in [0.15, 0.2) is 0 Å². The van der Waals surface area contributed by atoms with Crippen molar-refractivity contribution in [3.8, 4) is 0 Å². The Hall–Kier alpha value is -0.150. The molecule has 1 N–H and O–H groups in total. The third-order valence-electron chi connectivity index (χ3n) is 4.97. The molecular formula is C16H31FN2. The molecule has 1 saturated carbocycles. The zero-order valence-electron chi connectivity index (χ0n) is 13.3. The lowest BCUT2D eigenvalue weighted by Gasteiger charge is -2.33. The van der Waals surface area contributed by atoms with E-state index < -0.39 is 5.67 Å². The van der Waals surface area contributed by atoms with Gasteiger partial charge in [-0.3, -0.25) is 4.90 Å². The molecule has 4 unspecified atom stereocenters. The van der Waals surface area contributed by atoms with E-state index in [1.807, 2.05) is 0 Å². The molecule has 0 aromatic rings. The highest BCUT2D eigenvalue weighted by molar-refractivity contribution is 5.08. The van der Waals surface area contributed by atoms with Gasteiger partial charge in [0.05, 0.1) is 0 Å². The van der Waals surface area contributed by atoms with Crippen LogP contribution in [0.25, 0.3) is 0 Å². The molecule has 1 saturated heterocycles. The van der Waals surface area contributed by atoms with Crippen molar-refractivity contribution in [1.29, 1.82) is 0 Å². The van der Waals surface area contributed by atoms with Crippen molar-refractivity contribution >= 4 is 0 Å². The molecule has 4 atom stereocenters. The first-order chi connectivity index (χ1) is 8.74. The predicted octanol–water partition coefficient (Wildman–Crippen LogP) is 3.37. The summed E-state index contributed by atoms with van der Waals surface area (Å²) in [5.41, 5.74) is -0.848. The summed E-state index contributed by atoms with van der Waals surface area (Å²) >= 11 is 0. The Bertz CT molecular complexity index is 312. The average molecular weight is 270 g/mol. The summed E-state index contributed by atoms with van der Waals surface area (Å²) in [6.07, 6.45) is 4.10. The van der Waals surface area contributed by atoms with Gasteiger partial charge >= 0.3 is 0 Å². The Kier molecular flexibility index (Phi) is 4.27. The Morgan fingerprint density at radius 2 is 2.11 bits per heavy atom. The van der Waals surface area contributed by atoms with Crippen LogP contribution in [0.5, 0.6) is 0 Å². The van der Waals surface area contributed by atoms with Crippen LogP contribution in [0.2, 0.25) is 0 Å². The van der Waals surface area contributed by atoms with Crippen LogP contribution in [0.3, 0.4) is 0 Å². The molecular weight excluding hydrogens is 239 g/mol. The molecule has 0 aromatic carbocycles. The fraction of sp³-hybridized carbons (Fsp3) is 1.00. The highest BCUT2D eigenvalue weighted by Gasteiger charge is 2.55. The predicted molar refractivity (Wildman–Crippen MR) is 79.2 cm³/mol. The normalized spacial score (nSPS) is 37.6. The zero-order valence-corrected chi connectivity index (χ0v) is 13.3. The smallest absolute Gasteiger partial charge is 0.129 e. The van der Waals surface area contributed by atoms with E-state index in [0.717, 1.165) is 13.0 Å². The molecule has 2 rings (SSSR count). The summed E-state index contributed by atoms with van der Waals surface area (Å²) in [5.74, 6) is 0.234. The van der Waals surface area contributed by atoms with E-state index in [2.05, 4.69) is 44.8 Å². The number of nitrogens with zero attached hydrogens (tertiary/aromatic N) is 1. The fourth-order valence-corrected chi connectivity index (χ4v) is 3.85. The van der Waals surface area contributed by atoms with E-state index in [1.165, 1.54) is 12.8 Å². The minimum absolute atomic E-state index is 0.0991. The van der Waals surface area contributed by atoms with Crippen molar-refractivity contribution in [3.05, 3.63) is 0 Å². The summed E-state index contributed by atoms with van der Waals surface area (Å²) in [7, 11) is 0. The summed E-state index contributed by atoms with van der Waals surface area (Å²) in [6, 6.07) is 0.912. The van der Waals surface area contributed by atoms with Crippen LogP contribution >= 0.6 is 0 Å². The maximum absolute atomic E-state index is 15.1. The van der Waals surface area contributed by atoms with Crippen LogP contribution in [-0.4, -0.2) is 41.3 Å². The van der Waals surface area contributed by atoms with Crippen LogP contribution in [-0.2, 0) is 0 Å². The molecule has 0 bridgehead atoms.